The van der Waals surface area contributed by atoms with Crippen LogP contribution in [0.2, 0.25) is 0 Å². The number of amides is 1. The molecule has 0 aliphatic rings. The molecule has 0 atom stereocenters. The number of nitrogens with one attached hydrogen (secondary N) is 1. The quantitative estimate of drug-likeness (QED) is 0.688. The van der Waals surface area contributed by atoms with Gasteiger partial charge in [-0.15, -0.1) is 4.91 Å². The Morgan fingerprint density at radius 2 is 1.78 bits per heavy atom. The van der Waals surface area contributed by atoms with Crippen LogP contribution in [-0.4, -0.2) is 19.0 Å². The van der Waals surface area contributed by atoms with Gasteiger partial charge in [-0.1, -0.05) is 11.6 Å². The topological polar surface area (TPSA) is 84.8 Å². The average molecular weight is 312 g/mol. The molecule has 1 amide bonds. The number of aryl methyl sites for hydroxylation is 2. The Morgan fingerprint density at radius 1 is 1.04 bits per heavy atom. The molecule has 0 saturated heterocycles. The maximum atomic E-state index is 12.3. The predicted octanol–water partition coefficient (Wildman–Crippen LogP) is 3.74. The molecule has 118 valence electrons. The fourth-order valence-electron chi connectivity index (χ4n) is 2.19. The minimum absolute atomic E-state index is 0.0796. The lowest BCUT2D eigenvalue weighted by Gasteiger charge is -2.10. The number of hydrogen-bond donors (Lipinski definition) is 1. The van der Waals surface area contributed by atoms with Gasteiger partial charge in [-0.25, -0.2) is 4.79 Å². The summed E-state index contributed by atoms with van der Waals surface area (Å²) in [4.78, 5) is 34.7. The van der Waals surface area contributed by atoms with E-state index < -0.39 is 11.9 Å². The van der Waals surface area contributed by atoms with Gasteiger partial charge < -0.3 is 10.1 Å². The monoisotopic (exact) mass is 312 g/mol. The molecule has 23 heavy (non-hydrogen) atoms. The van der Waals surface area contributed by atoms with Gasteiger partial charge in [-0.3, -0.25) is 4.79 Å². The molecule has 0 spiro atoms. The zero-order valence-corrected chi connectivity index (χ0v) is 13.0. The maximum absolute atomic E-state index is 12.3. The summed E-state index contributed by atoms with van der Waals surface area (Å²) in [7, 11) is 1.31. The van der Waals surface area contributed by atoms with Gasteiger partial charge in [0.25, 0.3) is 5.91 Å². The average Bonchev–Trinajstić information content (AvgIpc) is 2.54. The number of carbonyl (C=O) groups is 2. The number of nitroso groups, excluding NO2 is 1. The molecule has 0 fully saturated rings. The van der Waals surface area contributed by atoms with Gasteiger partial charge in [0, 0.05) is 5.69 Å². The molecule has 2 aromatic carbocycles. The van der Waals surface area contributed by atoms with E-state index in [-0.39, 0.29) is 11.3 Å². The number of methoxy groups -OCH3 is 1. The fourth-order valence-corrected chi connectivity index (χ4v) is 2.19. The van der Waals surface area contributed by atoms with Gasteiger partial charge in [0.2, 0.25) is 0 Å². The summed E-state index contributed by atoms with van der Waals surface area (Å²) >= 11 is 0. The van der Waals surface area contributed by atoms with Gasteiger partial charge in [0.1, 0.15) is 5.69 Å². The zero-order chi connectivity index (χ0) is 17.0. The van der Waals surface area contributed by atoms with Crippen LogP contribution in [0.5, 0.6) is 0 Å². The van der Waals surface area contributed by atoms with Crippen molar-refractivity contribution >= 4 is 23.3 Å². The number of anilines is 1. The first-order valence-corrected chi connectivity index (χ1v) is 6.90. The molecule has 1 N–H and O–H groups in total. The molecular formula is C17H16N2O4. The van der Waals surface area contributed by atoms with E-state index in [1.165, 1.54) is 13.2 Å². The highest BCUT2D eigenvalue weighted by molar-refractivity contribution is 6.08. The predicted molar refractivity (Wildman–Crippen MR) is 87.1 cm³/mol. The lowest BCUT2D eigenvalue weighted by Crippen LogP contribution is -2.13. The van der Waals surface area contributed by atoms with Gasteiger partial charge in [0.05, 0.1) is 18.2 Å². The first-order valence-electron chi connectivity index (χ1n) is 6.90. The number of carbonyl (C=O) groups excluding carboxylic acids is 2. The molecular weight excluding hydrogens is 296 g/mol. The first kappa shape index (κ1) is 16.4. The molecule has 2 rings (SSSR count). The molecule has 0 aliphatic heterocycles. The lowest BCUT2D eigenvalue weighted by atomic mass is 10.1. The first-order chi connectivity index (χ1) is 11.0. The number of nitrogens with zero attached hydrogens (tertiary/aromatic N) is 1. The Balaban J connectivity index is 2.27. The summed E-state index contributed by atoms with van der Waals surface area (Å²) < 4.78 is 4.68. The summed E-state index contributed by atoms with van der Waals surface area (Å²) in [6, 6.07) is 9.65. The van der Waals surface area contributed by atoms with E-state index in [0.717, 1.165) is 5.56 Å². The van der Waals surface area contributed by atoms with Crippen molar-refractivity contribution < 1.29 is 14.3 Å². The fraction of sp³-hybridized carbons (Fsp3) is 0.176. The third-order valence-electron chi connectivity index (χ3n) is 3.38. The van der Waals surface area contributed by atoms with Crippen molar-refractivity contribution in [1.29, 1.82) is 0 Å². The summed E-state index contributed by atoms with van der Waals surface area (Å²) in [5.41, 5.74) is 2.74. The van der Waals surface area contributed by atoms with Gasteiger partial charge in [0.15, 0.2) is 0 Å². The number of rotatable bonds is 4. The lowest BCUT2D eigenvalue weighted by molar-refractivity contribution is 0.0600. The van der Waals surface area contributed by atoms with Crippen LogP contribution >= 0.6 is 0 Å². The second-order valence-corrected chi connectivity index (χ2v) is 5.09. The van der Waals surface area contributed by atoms with Crippen molar-refractivity contribution in [2.24, 2.45) is 5.18 Å². The van der Waals surface area contributed by atoms with E-state index in [1.807, 2.05) is 6.92 Å². The highest BCUT2D eigenvalue weighted by Gasteiger charge is 2.14. The van der Waals surface area contributed by atoms with Crippen molar-refractivity contribution in [3.05, 3.63) is 63.6 Å². The summed E-state index contributed by atoms with van der Waals surface area (Å²) in [5, 5.41) is 5.56. The van der Waals surface area contributed by atoms with Crippen molar-refractivity contribution in [1.82, 2.24) is 0 Å². The Hall–Kier alpha value is -3.02. The van der Waals surface area contributed by atoms with Crippen molar-refractivity contribution in [3.63, 3.8) is 0 Å². The van der Waals surface area contributed by atoms with Crippen molar-refractivity contribution in [3.8, 4) is 0 Å². The molecule has 2 aromatic rings. The molecule has 0 aliphatic carbocycles. The molecule has 0 saturated carbocycles. The van der Waals surface area contributed by atoms with Gasteiger partial charge in [-0.05, 0) is 54.9 Å². The second-order valence-electron chi connectivity index (χ2n) is 5.09. The van der Waals surface area contributed by atoms with Crippen LogP contribution < -0.4 is 5.32 Å². The molecule has 0 bridgehead atoms. The van der Waals surface area contributed by atoms with E-state index in [9.17, 15) is 14.5 Å². The van der Waals surface area contributed by atoms with E-state index in [0.29, 0.717) is 16.8 Å². The van der Waals surface area contributed by atoms with E-state index in [1.54, 1.807) is 37.3 Å². The van der Waals surface area contributed by atoms with E-state index in [4.69, 9.17) is 0 Å². The van der Waals surface area contributed by atoms with Gasteiger partial charge in [-0.2, -0.15) is 0 Å². The normalized spacial score (nSPS) is 10.0. The van der Waals surface area contributed by atoms with Crippen LogP contribution in [0.25, 0.3) is 0 Å². The highest BCUT2D eigenvalue weighted by Crippen LogP contribution is 2.22. The van der Waals surface area contributed by atoms with Crippen LogP contribution in [0.3, 0.4) is 0 Å². The summed E-state index contributed by atoms with van der Waals surface area (Å²) in [6.07, 6.45) is 0. The Bertz CT molecular complexity index is 784. The van der Waals surface area contributed by atoms with Crippen molar-refractivity contribution in [2.75, 3.05) is 12.4 Å². The number of esters is 1. The minimum atomic E-state index is -0.438. The largest absolute Gasteiger partial charge is 0.465 e. The molecule has 0 radical (unpaired) electrons. The minimum Gasteiger partial charge on any atom is -0.465 e. The highest BCUT2D eigenvalue weighted by atomic mass is 16.5. The van der Waals surface area contributed by atoms with Gasteiger partial charge >= 0.3 is 5.97 Å². The molecule has 6 nitrogen and oxygen atoms in total. The number of benzene rings is 2. The molecule has 0 heterocycles. The third kappa shape index (κ3) is 3.60. The SMILES string of the molecule is COC(=O)c1ccc(NC(=O)c2cc(C)ccc2N=O)cc1C. The molecule has 0 unspecified atom stereocenters. The standard InChI is InChI=1S/C17H16N2O4/c1-10-4-7-15(19-22)14(8-10)16(20)18-12-5-6-13(11(2)9-12)17(21)23-3/h4-9H,1-3H3,(H,18,20). The van der Waals surface area contributed by atoms with Crippen LogP contribution in [0.4, 0.5) is 11.4 Å². The van der Waals surface area contributed by atoms with E-state index in [2.05, 4.69) is 15.2 Å². The van der Waals surface area contributed by atoms with Crippen LogP contribution in [-0.2, 0) is 4.74 Å². The Kier molecular flexibility index (Phi) is 4.85. The molecule has 0 aromatic heterocycles. The number of ether oxygens (including phenoxy) is 1. The molecule has 6 heteroatoms. The third-order valence-corrected chi connectivity index (χ3v) is 3.38. The van der Waals surface area contributed by atoms with Crippen LogP contribution in [0.1, 0.15) is 31.8 Å². The Labute approximate surface area is 133 Å². The zero-order valence-electron chi connectivity index (χ0n) is 13.0. The Morgan fingerprint density at radius 3 is 2.39 bits per heavy atom. The maximum Gasteiger partial charge on any atom is 0.338 e. The summed E-state index contributed by atoms with van der Waals surface area (Å²) in [5.74, 6) is -0.875. The summed E-state index contributed by atoms with van der Waals surface area (Å²) in [6.45, 7) is 3.56. The second kappa shape index (κ2) is 6.83. The number of hydrogen-bond acceptors (Lipinski definition) is 5. The van der Waals surface area contributed by atoms with Crippen LogP contribution in [0, 0.1) is 18.8 Å². The van der Waals surface area contributed by atoms with E-state index >= 15 is 0 Å². The van der Waals surface area contributed by atoms with Crippen LogP contribution in [0.15, 0.2) is 41.6 Å². The van der Waals surface area contributed by atoms with Crippen molar-refractivity contribution in [2.45, 2.75) is 13.8 Å². The smallest absolute Gasteiger partial charge is 0.338 e.